The third-order valence-corrected chi connectivity index (χ3v) is 4.57. The SMILES string of the molecule is Cc1[nH]c(=O)c(C#N)c(C)c1CCC(=O)N[C@@H](C)CN1CCOCC1. The van der Waals surface area contributed by atoms with Gasteiger partial charge in [-0.3, -0.25) is 14.5 Å². The van der Waals surface area contributed by atoms with Crippen LogP contribution in [0.4, 0.5) is 0 Å². The predicted octanol–water partition coefficient (Wildman–Crippen LogP) is 0.633. The van der Waals surface area contributed by atoms with Crippen LogP contribution in [0.15, 0.2) is 4.79 Å². The summed E-state index contributed by atoms with van der Waals surface area (Å²) >= 11 is 0. The number of carbonyl (C=O) groups excluding carboxylic acids is 1. The second kappa shape index (κ2) is 8.79. The average molecular weight is 346 g/mol. The summed E-state index contributed by atoms with van der Waals surface area (Å²) < 4.78 is 5.32. The van der Waals surface area contributed by atoms with Gasteiger partial charge in [0.05, 0.1) is 13.2 Å². The van der Waals surface area contributed by atoms with Crippen LogP contribution in [0.25, 0.3) is 0 Å². The zero-order valence-corrected chi connectivity index (χ0v) is 15.1. The quantitative estimate of drug-likeness (QED) is 0.787. The van der Waals surface area contributed by atoms with Gasteiger partial charge < -0.3 is 15.0 Å². The van der Waals surface area contributed by atoms with Gasteiger partial charge in [-0.25, -0.2) is 0 Å². The fraction of sp³-hybridized carbons (Fsp3) is 0.611. The van der Waals surface area contributed by atoms with Gasteiger partial charge in [0.15, 0.2) is 0 Å². The summed E-state index contributed by atoms with van der Waals surface area (Å²) in [5.41, 5.74) is 2.01. The van der Waals surface area contributed by atoms with Crippen LogP contribution >= 0.6 is 0 Å². The molecule has 7 heteroatoms. The van der Waals surface area contributed by atoms with Crippen LogP contribution in [-0.2, 0) is 16.0 Å². The summed E-state index contributed by atoms with van der Waals surface area (Å²) in [5.74, 6) is -0.0238. The number of pyridine rings is 1. The summed E-state index contributed by atoms with van der Waals surface area (Å²) in [7, 11) is 0. The molecule has 0 unspecified atom stereocenters. The largest absolute Gasteiger partial charge is 0.379 e. The third-order valence-electron chi connectivity index (χ3n) is 4.57. The topological polar surface area (TPSA) is 98.2 Å². The van der Waals surface area contributed by atoms with Gasteiger partial charge in [-0.05, 0) is 38.3 Å². The molecule has 2 rings (SSSR count). The molecule has 7 nitrogen and oxygen atoms in total. The first-order chi connectivity index (χ1) is 11.9. The molecule has 0 saturated carbocycles. The molecule has 0 spiro atoms. The number of ether oxygens (including phenoxy) is 1. The molecule has 1 amide bonds. The van der Waals surface area contributed by atoms with Crippen LogP contribution in [0.5, 0.6) is 0 Å². The van der Waals surface area contributed by atoms with Gasteiger partial charge in [0.1, 0.15) is 11.6 Å². The Labute approximate surface area is 148 Å². The second-order valence-electron chi connectivity index (χ2n) is 6.55. The number of nitrogens with one attached hydrogen (secondary N) is 2. The molecule has 1 saturated heterocycles. The Bertz CT molecular complexity index is 714. The molecule has 0 aromatic carbocycles. The Morgan fingerprint density at radius 2 is 2.08 bits per heavy atom. The first-order valence-corrected chi connectivity index (χ1v) is 8.64. The number of H-pyrrole nitrogens is 1. The minimum atomic E-state index is -0.371. The number of hydrogen-bond donors (Lipinski definition) is 2. The Morgan fingerprint density at radius 3 is 2.72 bits per heavy atom. The van der Waals surface area contributed by atoms with Gasteiger partial charge in [0, 0.05) is 37.8 Å². The molecule has 0 aliphatic carbocycles. The van der Waals surface area contributed by atoms with Crippen molar-refractivity contribution in [1.29, 1.82) is 5.26 Å². The molecule has 0 radical (unpaired) electrons. The molecule has 1 aliphatic heterocycles. The van der Waals surface area contributed by atoms with E-state index in [0.717, 1.165) is 44.1 Å². The maximum absolute atomic E-state index is 12.2. The zero-order chi connectivity index (χ0) is 18.4. The van der Waals surface area contributed by atoms with E-state index in [-0.39, 0.29) is 23.1 Å². The van der Waals surface area contributed by atoms with E-state index in [2.05, 4.69) is 15.2 Å². The molecule has 25 heavy (non-hydrogen) atoms. The number of carbonyl (C=O) groups is 1. The average Bonchev–Trinajstić information content (AvgIpc) is 2.55. The second-order valence-corrected chi connectivity index (χ2v) is 6.55. The molecular weight excluding hydrogens is 320 g/mol. The first-order valence-electron chi connectivity index (χ1n) is 8.64. The van der Waals surface area contributed by atoms with E-state index >= 15 is 0 Å². The molecule has 136 valence electrons. The van der Waals surface area contributed by atoms with Crippen LogP contribution in [0.3, 0.4) is 0 Å². The van der Waals surface area contributed by atoms with Crippen LogP contribution < -0.4 is 10.9 Å². The van der Waals surface area contributed by atoms with E-state index in [1.165, 1.54) is 0 Å². The molecule has 2 heterocycles. The van der Waals surface area contributed by atoms with Crippen molar-refractivity contribution in [3.8, 4) is 6.07 Å². The van der Waals surface area contributed by atoms with E-state index in [1.807, 2.05) is 13.0 Å². The molecule has 1 aromatic rings. The summed E-state index contributed by atoms with van der Waals surface area (Å²) in [6.07, 6.45) is 0.825. The lowest BCUT2D eigenvalue weighted by atomic mass is 9.99. The molecule has 1 fully saturated rings. The zero-order valence-electron chi connectivity index (χ0n) is 15.1. The van der Waals surface area contributed by atoms with Crippen molar-refractivity contribution in [3.63, 3.8) is 0 Å². The van der Waals surface area contributed by atoms with Crippen molar-refractivity contribution >= 4 is 5.91 Å². The van der Waals surface area contributed by atoms with Gasteiger partial charge in [-0.2, -0.15) is 5.26 Å². The highest BCUT2D eigenvalue weighted by atomic mass is 16.5. The van der Waals surface area contributed by atoms with Gasteiger partial charge in [0.25, 0.3) is 5.56 Å². The number of amides is 1. The fourth-order valence-corrected chi connectivity index (χ4v) is 3.22. The lowest BCUT2D eigenvalue weighted by molar-refractivity contribution is -0.121. The molecule has 1 aromatic heterocycles. The van der Waals surface area contributed by atoms with Gasteiger partial charge in [-0.1, -0.05) is 0 Å². The Kier molecular flexibility index (Phi) is 6.73. The Morgan fingerprint density at radius 1 is 1.40 bits per heavy atom. The van der Waals surface area contributed by atoms with E-state index in [4.69, 9.17) is 10.00 Å². The Balaban J connectivity index is 1.89. The highest BCUT2D eigenvalue weighted by Gasteiger charge is 2.17. The molecular formula is C18H26N4O3. The van der Waals surface area contributed by atoms with E-state index in [9.17, 15) is 9.59 Å². The highest BCUT2D eigenvalue weighted by Crippen LogP contribution is 2.15. The predicted molar refractivity (Wildman–Crippen MR) is 94.4 cm³/mol. The third kappa shape index (κ3) is 5.15. The number of hydrogen-bond acceptors (Lipinski definition) is 5. The lowest BCUT2D eigenvalue weighted by Crippen LogP contribution is -2.46. The van der Waals surface area contributed by atoms with Crippen LogP contribution in [0.2, 0.25) is 0 Å². The number of aryl methyl sites for hydroxylation is 1. The van der Waals surface area contributed by atoms with Gasteiger partial charge >= 0.3 is 0 Å². The monoisotopic (exact) mass is 346 g/mol. The number of rotatable bonds is 6. The number of morpholine rings is 1. The maximum atomic E-state index is 12.2. The minimum Gasteiger partial charge on any atom is -0.379 e. The van der Waals surface area contributed by atoms with E-state index in [1.54, 1.807) is 13.8 Å². The standard InChI is InChI=1S/C18H26N4O3/c1-12(11-22-6-8-25-9-7-22)20-17(23)5-4-15-13(2)16(10-19)18(24)21-14(15)3/h12H,4-9,11H2,1-3H3,(H,20,23)(H,21,24)/t12-/m0/s1. The highest BCUT2D eigenvalue weighted by molar-refractivity contribution is 5.76. The summed E-state index contributed by atoms with van der Waals surface area (Å²) in [5, 5.41) is 12.1. The smallest absolute Gasteiger partial charge is 0.266 e. The molecule has 1 atom stereocenters. The Hall–Kier alpha value is -2.17. The number of nitrogens with zero attached hydrogens (tertiary/aromatic N) is 2. The molecule has 1 aliphatic rings. The van der Waals surface area contributed by atoms with Crippen molar-refractivity contribution in [2.24, 2.45) is 0 Å². The lowest BCUT2D eigenvalue weighted by Gasteiger charge is -2.29. The summed E-state index contributed by atoms with van der Waals surface area (Å²) in [6.45, 7) is 9.64. The van der Waals surface area contributed by atoms with Crippen LogP contribution in [-0.4, -0.2) is 54.7 Å². The van der Waals surface area contributed by atoms with Crippen molar-refractivity contribution in [2.45, 2.75) is 39.7 Å². The normalized spacial score (nSPS) is 16.2. The van der Waals surface area contributed by atoms with Crippen molar-refractivity contribution < 1.29 is 9.53 Å². The van der Waals surface area contributed by atoms with Gasteiger partial charge in [0.2, 0.25) is 5.91 Å². The van der Waals surface area contributed by atoms with Gasteiger partial charge in [-0.15, -0.1) is 0 Å². The first kappa shape index (κ1) is 19.2. The fourth-order valence-electron chi connectivity index (χ4n) is 3.22. The van der Waals surface area contributed by atoms with E-state index in [0.29, 0.717) is 18.4 Å². The van der Waals surface area contributed by atoms with Crippen molar-refractivity contribution in [1.82, 2.24) is 15.2 Å². The van der Waals surface area contributed by atoms with Crippen LogP contribution in [0, 0.1) is 25.2 Å². The molecule has 2 N–H and O–H groups in total. The number of aromatic nitrogens is 1. The van der Waals surface area contributed by atoms with Crippen molar-refractivity contribution in [2.75, 3.05) is 32.8 Å². The minimum absolute atomic E-state index is 0.0238. The maximum Gasteiger partial charge on any atom is 0.266 e. The van der Waals surface area contributed by atoms with Crippen LogP contribution in [0.1, 0.15) is 35.7 Å². The van der Waals surface area contributed by atoms with Crippen molar-refractivity contribution in [3.05, 3.63) is 32.7 Å². The van der Waals surface area contributed by atoms with E-state index < -0.39 is 0 Å². The summed E-state index contributed by atoms with van der Waals surface area (Å²) in [6, 6.07) is 2.00. The number of aromatic amines is 1. The molecule has 0 bridgehead atoms. The summed E-state index contributed by atoms with van der Waals surface area (Å²) in [4.78, 5) is 28.9. The number of nitriles is 1.